The first-order valence-electron chi connectivity index (χ1n) is 4.87. The highest BCUT2D eigenvalue weighted by atomic mass is 19.4. The van der Waals surface area contributed by atoms with Gasteiger partial charge in [0, 0.05) is 6.20 Å². The number of nitrogens with one attached hydrogen (secondary N) is 2. The molecule has 0 atom stereocenters. The van der Waals surface area contributed by atoms with Crippen LogP contribution in [0.1, 0.15) is 0 Å². The number of urea groups is 1. The molecule has 0 aliphatic heterocycles. The molecular weight excluding hydrogens is 251 g/mol. The smallest absolute Gasteiger partial charge is 0.329 e. The Labute approximate surface area is 98.8 Å². The van der Waals surface area contributed by atoms with Gasteiger partial charge in [-0.1, -0.05) is 6.07 Å². The fraction of sp³-hybridized carbons (Fsp3) is 0.222. The zero-order valence-corrected chi connectivity index (χ0v) is 8.90. The van der Waals surface area contributed by atoms with Crippen LogP contribution in [0.3, 0.4) is 0 Å². The first kappa shape index (κ1) is 12.1. The van der Waals surface area contributed by atoms with E-state index in [1.165, 1.54) is 4.52 Å². The average Bonchev–Trinajstić information content (AvgIpc) is 2.67. The van der Waals surface area contributed by atoms with Crippen molar-refractivity contribution in [2.75, 3.05) is 11.9 Å². The first-order chi connectivity index (χ1) is 8.44. The SMILES string of the molecule is O=C(NCC(F)(F)F)Nc1nc2ccccn2n1. The molecule has 0 aromatic carbocycles. The van der Waals surface area contributed by atoms with Gasteiger partial charge in [-0.2, -0.15) is 18.2 Å². The maximum Gasteiger partial charge on any atom is 0.405 e. The Morgan fingerprint density at radius 1 is 1.39 bits per heavy atom. The maximum atomic E-state index is 11.8. The molecule has 2 rings (SSSR count). The molecule has 6 nitrogen and oxygen atoms in total. The Hall–Kier alpha value is -2.32. The van der Waals surface area contributed by atoms with Crippen LogP contribution in [0.4, 0.5) is 23.9 Å². The molecule has 18 heavy (non-hydrogen) atoms. The standard InChI is InChI=1S/C9H8F3N5O/c10-9(11,12)5-13-8(18)15-7-14-6-3-1-2-4-17(6)16-7/h1-4H,5H2,(H2,13,15,16,18). The van der Waals surface area contributed by atoms with Crippen molar-refractivity contribution in [3.05, 3.63) is 24.4 Å². The van der Waals surface area contributed by atoms with Crippen LogP contribution in [0.15, 0.2) is 24.4 Å². The van der Waals surface area contributed by atoms with Gasteiger partial charge in [0.05, 0.1) is 0 Å². The number of nitrogens with zero attached hydrogens (tertiary/aromatic N) is 3. The third-order valence-electron chi connectivity index (χ3n) is 1.92. The normalized spacial score (nSPS) is 11.5. The summed E-state index contributed by atoms with van der Waals surface area (Å²) in [5.74, 6) is -0.0686. The number of amides is 2. The number of aromatic nitrogens is 3. The third-order valence-corrected chi connectivity index (χ3v) is 1.92. The fourth-order valence-electron chi connectivity index (χ4n) is 1.21. The molecule has 2 aromatic rings. The van der Waals surface area contributed by atoms with Gasteiger partial charge < -0.3 is 5.32 Å². The molecule has 96 valence electrons. The number of fused-ring (bicyclic) bond motifs is 1. The molecule has 0 saturated carbocycles. The molecule has 2 N–H and O–H groups in total. The van der Waals surface area contributed by atoms with Crippen molar-refractivity contribution in [3.63, 3.8) is 0 Å². The summed E-state index contributed by atoms with van der Waals surface area (Å²) in [7, 11) is 0. The van der Waals surface area contributed by atoms with Gasteiger partial charge in [0.15, 0.2) is 5.65 Å². The maximum absolute atomic E-state index is 11.8. The molecule has 0 fully saturated rings. The molecule has 9 heteroatoms. The topological polar surface area (TPSA) is 71.3 Å². The number of carbonyl (C=O) groups excluding carboxylic acids is 1. The second kappa shape index (κ2) is 4.51. The number of rotatable bonds is 2. The van der Waals surface area contributed by atoms with Crippen LogP contribution in [0.25, 0.3) is 5.65 Å². The lowest BCUT2D eigenvalue weighted by Gasteiger charge is -2.07. The predicted octanol–water partition coefficient (Wildman–Crippen LogP) is 1.41. The van der Waals surface area contributed by atoms with Crippen LogP contribution in [-0.2, 0) is 0 Å². The zero-order valence-electron chi connectivity index (χ0n) is 8.90. The zero-order chi connectivity index (χ0) is 13.2. The Kier molecular flexibility index (Phi) is 3.04. The average molecular weight is 259 g/mol. The highest BCUT2D eigenvalue weighted by molar-refractivity contribution is 5.87. The van der Waals surface area contributed by atoms with Crippen LogP contribution in [0, 0.1) is 0 Å². The summed E-state index contributed by atoms with van der Waals surface area (Å²) in [6.45, 7) is -1.41. The van der Waals surface area contributed by atoms with E-state index < -0.39 is 18.8 Å². The summed E-state index contributed by atoms with van der Waals surface area (Å²) in [6, 6.07) is 4.06. The van der Waals surface area contributed by atoms with E-state index in [2.05, 4.69) is 15.4 Å². The van der Waals surface area contributed by atoms with Gasteiger partial charge in [0.25, 0.3) is 5.95 Å². The molecule has 0 radical (unpaired) electrons. The van der Waals surface area contributed by atoms with Crippen LogP contribution < -0.4 is 10.6 Å². The van der Waals surface area contributed by atoms with E-state index in [1.54, 1.807) is 29.7 Å². The summed E-state index contributed by atoms with van der Waals surface area (Å²) in [5.41, 5.74) is 0.476. The van der Waals surface area contributed by atoms with Crippen molar-refractivity contribution >= 4 is 17.6 Å². The van der Waals surface area contributed by atoms with Gasteiger partial charge in [-0.15, -0.1) is 5.10 Å². The van der Waals surface area contributed by atoms with Gasteiger partial charge in [0.2, 0.25) is 0 Å². The highest BCUT2D eigenvalue weighted by Gasteiger charge is 2.27. The van der Waals surface area contributed by atoms with Gasteiger partial charge in [0.1, 0.15) is 6.54 Å². The van der Waals surface area contributed by atoms with Gasteiger partial charge in [-0.25, -0.2) is 9.31 Å². The number of halogens is 3. The number of alkyl halides is 3. The van der Waals surface area contributed by atoms with Crippen molar-refractivity contribution in [1.82, 2.24) is 19.9 Å². The van der Waals surface area contributed by atoms with E-state index in [0.717, 1.165) is 0 Å². The second-order valence-electron chi connectivity index (χ2n) is 3.36. The molecule has 0 aliphatic carbocycles. The van der Waals surface area contributed by atoms with Crippen LogP contribution in [0.5, 0.6) is 0 Å². The van der Waals surface area contributed by atoms with E-state index in [1.807, 2.05) is 0 Å². The number of anilines is 1. The van der Waals surface area contributed by atoms with Crippen molar-refractivity contribution in [2.24, 2.45) is 0 Å². The van der Waals surface area contributed by atoms with E-state index >= 15 is 0 Å². The molecule has 0 aliphatic rings. The van der Waals surface area contributed by atoms with Crippen molar-refractivity contribution in [1.29, 1.82) is 0 Å². The molecule has 2 heterocycles. The van der Waals surface area contributed by atoms with E-state index in [0.29, 0.717) is 5.65 Å². The largest absolute Gasteiger partial charge is 0.405 e. The molecule has 2 aromatic heterocycles. The molecule has 0 unspecified atom stereocenters. The summed E-state index contributed by atoms with van der Waals surface area (Å²) in [4.78, 5) is 15.0. The van der Waals surface area contributed by atoms with Gasteiger partial charge >= 0.3 is 12.2 Å². The Morgan fingerprint density at radius 3 is 2.83 bits per heavy atom. The molecule has 0 bridgehead atoms. The Morgan fingerprint density at radius 2 is 2.17 bits per heavy atom. The van der Waals surface area contributed by atoms with Crippen molar-refractivity contribution < 1.29 is 18.0 Å². The highest BCUT2D eigenvalue weighted by Crippen LogP contribution is 2.12. The third kappa shape index (κ3) is 3.09. The molecule has 0 spiro atoms. The summed E-state index contributed by atoms with van der Waals surface area (Å²) in [5, 5.41) is 7.61. The van der Waals surface area contributed by atoms with E-state index in [9.17, 15) is 18.0 Å². The minimum Gasteiger partial charge on any atom is -0.329 e. The van der Waals surface area contributed by atoms with Gasteiger partial charge in [-0.3, -0.25) is 5.32 Å². The summed E-state index contributed by atoms with van der Waals surface area (Å²) >= 11 is 0. The lowest BCUT2D eigenvalue weighted by Crippen LogP contribution is -2.36. The predicted molar refractivity (Wildman–Crippen MR) is 56.1 cm³/mol. The van der Waals surface area contributed by atoms with Crippen molar-refractivity contribution in [3.8, 4) is 0 Å². The Bertz CT molecular complexity index is 532. The van der Waals surface area contributed by atoms with Crippen molar-refractivity contribution in [2.45, 2.75) is 6.18 Å². The molecule has 2 amide bonds. The van der Waals surface area contributed by atoms with Crippen LogP contribution >= 0.6 is 0 Å². The quantitative estimate of drug-likeness (QED) is 0.856. The molecule has 0 saturated heterocycles. The monoisotopic (exact) mass is 259 g/mol. The summed E-state index contributed by atoms with van der Waals surface area (Å²) < 4.78 is 36.9. The van der Waals surface area contributed by atoms with E-state index in [4.69, 9.17) is 0 Å². The lowest BCUT2D eigenvalue weighted by molar-refractivity contribution is -0.122. The number of hydrogen-bond donors (Lipinski definition) is 2. The summed E-state index contributed by atoms with van der Waals surface area (Å²) in [6.07, 6.45) is -2.86. The van der Waals surface area contributed by atoms with Crippen LogP contribution in [-0.4, -0.2) is 33.4 Å². The fourth-order valence-corrected chi connectivity index (χ4v) is 1.21. The van der Waals surface area contributed by atoms with Crippen LogP contribution in [0.2, 0.25) is 0 Å². The van der Waals surface area contributed by atoms with E-state index in [-0.39, 0.29) is 5.95 Å². The Balaban J connectivity index is 1.99. The first-order valence-corrected chi connectivity index (χ1v) is 4.87. The minimum atomic E-state index is -4.45. The number of carbonyl (C=O) groups is 1. The molecular formula is C9H8F3N5O. The number of pyridine rings is 1. The minimum absolute atomic E-state index is 0.0686. The lowest BCUT2D eigenvalue weighted by atomic mass is 10.5. The second-order valence-corrected chi connectivity index (χ2v) is 3.36. The van der Waals surface area contributed by atoms with Gasteiger partial charge in [-0.05, 0) is 12.1 Å². The number of hydrogen-bond acceptors (Lipinski definition) is 3.